The molecule has 1 amide bonds. The second-order valence-corrected chi connectivity index (χ2v) is 8.38. The molecule has 0 atom stereocenters. The number of hydrogen-bond donors (Lipinski definition) is 0. The van der Waals surface area contributed by atoms with Gasteiger partial charge in [-0.2, -0.15) is 0 Å². The summed E-state index contributed by atoms with van der Waals surface area (Å²) in [7, 11) is 0. The van der Waals surface area contributed by atoms with Crippen LogP contribution in [0, 0.1) is 0 Å². The molecule has 1 saturated carbocycles. The number of carbonyl (C=O) groups is 1. The number of benzene rings is 3. The number of halogens is 1. The lowest BCUT2D eigenvalue weighted by Gasteiger charge is -2.20. The van der Waals surface area contributed by atoms with Crippen molar-refractivity contribution in [3.63, 3.8) is 0 Å². The monoisotopic (exact) mass is 443 g/mol. The van der Waals surface area contributed by atoms with E-state index in [1.54, 1.807) is 6.07 Å². The van der Waals surface area contributed by atoms with E-state index in [0.717, 1.165) is 29.5 Å². The van der Waals surface area contributed by atoms with Gasteiger partial charge in [0.15, 0.2) is 0 Å². The minimum Gasteiger partial charge on any atom is -0.419 e. The molecule has 1 fully saturated rings. The Bertz CT molecular complexity index is 1220. The molecule has 6 heteroatoms. The normalized spacial score (nSPS) is 13.2. The third-order valence-corrected chi connectivity index (χ3v) is 5.93. The average molecular weight is 444 g/mol. The van der Waals surface area contributed by atoms with Crippen LogP contribution in [0.15, 0.2) is 83.3 Å². The third-order valence-electron chi connectivity index (χ3n) is 5.60. The summed E-state index contributed by atoms with van der Waals surface area (Å²) in [5.74, 6) is 0.849. The van der Waals surface area contributed by atoms with E-state index in [-0.39, 0.29) is 11.9 Å². The van der Waals surface area contributed by atoms with Crippen molar-refractivity contribution in [2.24, 2.45) is 0 Å². The van der Waals surface area contributed by atoms with Gasteiger partial charge in [-0.1, -0.05) is 78.3 Å². The summed E-state index contributed by atoms with van der Waals surface area (Å²) in [5, 5.41) is 8.82. The Labute approximate surface area is 191 Å². The van der Waals surface area contributed by atoms with Crippen LogP contribution in [-0.2, 0) is 17.8 Å². The molecule has 0 spiro atoms. The molecule has 3 aromatic carbocycles. The molecule has 1 aliphatic carbocycles. The first-order valence-electron chi connectivity index (χ1n) is 10.7. The Morgan fingerprint density at radius 1 is 0.906 bits per heavy atom. The highest BCUT2D eigenvalue weighted by Crippen LogP contribution is 2.31. The predicted molar refractivity (Wildman–Crippen MR) is 124 cm³/mol. The Morgan fingerprint density at radius 2 is 1.59 bits per heavy atom. The van der Waals surface area contributed by atoms with Crippen molar-refractivity contribution in [1.29, 1.82) is 0 Å². The lowest BCUT2D eigenvalue weighted by molar-refractivity contribution is -0.132. The van der Waals surface area contributed by atoms with Crippen molar-refractivity contribution in [2.45, 2.75) is 31.8 Å². The van der Waals surface area contributed by atoms with Crippen molar-refractivity contribution in [2.75, 3.05) is 0 Å². The quantitative estimate of drug-likeness (QED) is 0.362. The van der Waals surface area contributed by atoms with Crippen molar-refractivity contribution in [1.82, 2.24) is 15.1 Å². The first kappa shape index (κ1) is 20.5. The highest BCUT2D eigenvalue weighted by atomic mass is 35.5. The zero-order valence-corrected chi connectivity index (χ0v) is 18.2. The second kappa shape index (κ2) is 8.97. The number of nitrogens with zero attached hydrogens (tertiary/aromatic N) is 3. The SMILES string of the molecule is O=C(Cc1ccc(-c2ccccc2)cc1)N(Cc1nnc(-c2ccccc2Cl)o1)C1CC1. The van der Waals surface area contributed by atoms with Crippen LogP contribution in [0.1, 0.15) is 24.3 Å². The van der Waals surface area contributed by atoms with Gasteiger partial charge in [-0.25, -0.2) is 0 Å². The summed E-state index contributed by atoms with van der Waals surface area (Å²) in [6, 6.07) is 26.0. The van der Waals surface area contributed by atoms with Crippen LogP contribution in [0.5, 0.6) is 0 Å². The van der Waals surface area contributed by atoms with Gasteiger partial charge in [0.2, 0.25) is 17.7 Å². The first-order chi connectivity index (χ1) is 15.7. The Morgan fingerprint density at radius 3 is 2.31 bits per heavy atom. The zero-order chi connectivity index (χ0) is 21.9. The second-order valence-electron chi connectivity index (χ2n) is 7.97. The standard InChI is InChI=1S/C26H22ClN3O2/c27-23-9-5-4-8-22(23)26-29-28-24(32-26)17-30(21-14-15-21)25(31)16-18-10-12-20(13-11-18)19-6-2-1-3-7-19/h1-13,21H,14-17H2. The molecule has 1 aliphatic rings. The van der Waals surface area contributed by atoms with Crippen LogP contribution in [0.2, 0.25) is 5.02 Å². The molecule has 0 bridgehead atoms. The summed E-state index contributed by atoms with van der Waals surface area (Å²) in [6.45, 7) is 0.309. The molecule has 0 aliphatic heterocycles. The molecule has 0 unspecified atom stereocenters. The molecule has 0 radical (unpaired) electrons. The van der Waals surface area contributed by atoms with Crippen LogP contribution in [-0.4, -0.2) is 27.0 Å². The number of amides is 1. The summed E-state index contributed by atoms with van der Waals surface area (Å²) >= 11 is 6.23. The van der Waals surface area contributed by atoms with Gasteiger partial charge < -0.3 is 9.32 Å². The fraction of sp³-hybridized carbons (Fsp3) is 0.192. The number of hydrogen-bond acceptors (Lipinski definition) is 4. The Kier molecular flexibility index (Phi) is 5.73. The van der Waals surface area contributed by atoms with Crippen molar-refractivity contribution < 1.29 is 9.21 Å². The van der Waals surface area contributed by atoms with Gasteiger partial charge in [0.25, 0.3) is 0 Å². The molecule has 160 valence electrons. The molecule has 32 heavy (non-hydrogen) atoms. The molecule has 5 nitrogen and oxygen atoms in total. The molecular weight excluding hydrogens is 422 g/mol. The first-order valence-corrected chi connectivity index (χ1v) is 11.1. The maximum atomic E-state index is 13.1. The molecule has 1 heterocycles. The van der Waals surface area contributed by atoms with E-state index >= 15 is 0 Å². The Balaban J connectivity index is 1.28. The van der Waals surface area contributed by atoms with Crippen LogP contribution in [0.4, 0.5) is 0 Å². The van der Waals surface area contributed by atoms with E-state index in [9.17, 15) is 4.79 Å². The van der Waals surface area contributed by atoms with Crippen LogP contribution >= 0.6 is 11.6 Å². The lowest BCUT2D eigenvalue weighted by atomic mass is 10.0. The predicted octanol–water partition coefficient (Wildman–Crippen LogP) is 5.79. The van der Waals surface area contributed by atoms with Crippen LogP contribution < -0.4 is 0 Å². The van der Waals surface area contributed by atoms with Gasteiger partial charge in [0.05, 0.1) is 23.6 Å². The van der Waals surface area contributed by atoms with E-state index in [1.165, 1.54) is 0 Å². The minimum atomic E-state index is 0.0671. The van der Waals surface area contributed by atoms with Gasteiger partial charge in [0, 0.05) is 6.04 Å². The molecule has 4 aromatic rings. The Hall–Kier alpha value is -3.44. The molecular formula is C26H22ClN3O2. The number of rotatable bonds is 7. The fourth-order valence-corrected chi connectivity index (χ4v) is 3.95. The number of carbonyl (C=O) groups excluding carboxylic acids is 1. The summed E-state index contributed by atoms with van der Waals surface area (Å²) < 4.78 is 5.82. The van der Waals surface area contributed by atoms with Gasteiger partial charge in [-0.3, -0.25) is 4.79 Å². The van der Waals surface area contributed by atoms with E-state index < -0.39 is 0 Å². The van der Waals surface area contributed by atoms with E-state index in [4.69, 9.17) is 16.0 Å². The van der Waals surface area contributed by atoms with Gasteiger partial charge in [-0.05, 0) is 41.7 Å². The third kappa shape index (κ3) is 4.58. The topological polar surface area (TPSA) is 59.2 Å². The highest BCUT2D eigenvalue weighted by molar-refractivity contribution is 6.33. The smallest absolute Gasteiger partial charge is 0.249 e. The zero-order valence-electron chi connectivity index (χ0n) is 17.4. The summed E-state index contributed by atoms with van der Waals surface area (Å²) in [5.41, 5.74) is 3.98. The maximum absolute atomic E-state index is 13.1. The highest BCUT2D eigenvalue weighted by Gasteiger charge is 2.33. The lowest BCUT2D eigenvalue weighted by Crippen LogP contribution is -2.33. The van der Waals surface area contributed by atoms with E-state index in [0.29, 0.717) is 35.3 Å². The van der Waals surface area contributed by atoms with Gasteiger partial charge in [-0.15, -0.1) is 10.2 Å². The van der Waals surface area contributed by atoms with E-state index in [1.807, 2.05) is 53.4 Å². The summed E-state index contributed by atoms with van der Waals surface area (Å²) in [6.07, 6.45) is 2.35. The average Bonchev–Trinajstić information content (AvgIpc) is 3.56. The molecule has 0 saturated heterocycles. The molecule has 5 rings (SSSR count). The van der Waals surface area contributed by atoms with Crippen molar-refractivity contribution >= 4 is 17.5 Å². The molecule has 1 aromatic heterocycles. The maximum Gasteiger partial charge on any atom is 0.249 e. The van der Waals surface area contributed by atoms with Gasteiger partial charge >= 0.3 is 0 Å². The largest absolute Gasteiger partial charge is 0.419 e. The van der Waals surface area contributed by atoms with Crippen molar-refractivity contribution in [3.05, 3.63) is 95.3 Å². The van der Waals surface area contributed by atoms with Crippen LogP contribution in [0.25, 0.3) is 22.6 Å². The number of aromatic nitrogens is 2. The minimum absolute atomic E-state index is 0.0671. The molecule has 0 N–H and O–H groups in total. The fourth-order valence-electron chi connectivity index (χ4n) is 3.74. The van der Waals surface area contributed by atoms with E-state index in [2.05, 4.69) is 34.5 Å². The summed E-state index contributed by atoms with van der Waals surface area (Å²) in [4.78, 5) is 15.0. The van der Waals surface area contributed by atoms with Crippen LogP contribution in [0.3, 0.4) is 0 Å². The van der Waals surface area contributed by atoms with Crippen molar-refractivity contribution in [3.8, 4) is 22.6 Å². The van der Waals surface area contributed by atoms with Gasteiger partial charge in [0.1, 0.15) is 0 Å².